The number of nitrogens with one attached hydrogen (secondary N) is 1. The van der Waals surface area contributed by atoms with Crippen LogP contribution in [0.25, 0.3) is 0 Å². The van der Waals surface area contributed by atoms with Crippen molar-refractivity contribution in [2.45, 2.75) is 51.6 Å². The molecular weight excluding hydrogens is 262 g/mol. The van der Waals surface area contributed by atoms with Gasteiger partial charge in [0.05, 0.1) is 6.04 Å². The van der Waals surface area contributed by atoms with E-state index in [1.165, 1.54) is 36.1 Å². The maximum absolute atomic E-state index is 3.87. The number of hydrogen-bond acceptors (Lipinski definition) is 2. The molecule has 0 saturated heterocycles. The lowest BCUT2D eigenvalue weighted by atomic mass is 10.0. The van der Waals surface area contributed by atoms with Crippen molar-refractivity contribution in [2.75, 3.05) is 0 Å². The summed E-state index contributed by atoms with van der Waals surface area (Å²) in [4.78, 5) is 1.41. The van der Waals surface area contributed by atoms with Crippen LogP contribution in [0.4, 0.5) is 0 Å². The molecule has 0 radical (unpaired) electrons. The SMILES string of the molecule is CCCCC(CC)NC(c1ccccc1)c1cccs1. The predicted molar refractivity (Wildman–Crippen MR) is 89.3 cm³/mol. The third-order valence-corrected chi connectivity index (χ3v) is 4.70. The molecule has 0 aliphatic rings. The van der Waals surface area contributed by atoms with E-state index in [4.69, 9.17) is 0 Å². The zero-order valence-corrected chi connectivity index (χ0v) is 13.3. The Bertz CT molecular complexity index is 463. The number of benzene rings is 1. The third kappa shape index (κ3) is 4.19. The molecule has 1 N–H and O–H groups in total. The zero-order chi connectivity index (χ0) is 14.2. The van der Waals surface area contributed by atoms with Crippen molar-refractivity contribution >= 4 is 11.3 Å². The molecule has 0 aliphatic heterocycles. The van der Waals surface area contributed by atoms with Crippen molar-refractivity contribution in [3.05, 3.63) is 58.3 Å². The molecular formula is C18H25NS. The molecule has 108 valence electrons. The molecule has 0 amide bonds. The van der Waals surface area contributed by atoms with Crippen molar-refractivity contribution in [2.24, 2.45) is 0 Å². The van der Waals surface area contributed by atoms with Crippen molar-refractivity contribution in [1.29, 1.82) is 0 Å². The summed E-state index contributed by atoms with van der Waals surface area (Å²) in [6.07, 6.45) is 5.03. The molecule has 0 aliphatic carbocycles. The number of hydrogen-bond donors (Lipinski definition) is 1. The number of thiophene rings is 1. The summed E-state index contributed by atoms with van der Waals surface area (Å²) in [6.45, 7) is 4.55. The average molecular weight is 287 g/mol. The zero-order valence-electron chi connectivity index (χ0n) is 12.5. The van der Waals surface area contributed by atoms with E-state index in [1.807, 2.05) is 11.3 Å². The minimum atomic E-state index is 0.331. The van der Waals surface area contributed by atoms with Gasteiger partial charge in [-0.05, 0) is 29.9 Å². The van der Waals surface area contributed by atoms with Crippen molar-refractivity contribution in [3.8, 4) is 0 Å². The van der Waals surface area contributed by atoms with Crippen molar-refractivity contribution in [3.63, 3.8) is 0 Å². The smallest absolute Gasteiger partial charge is 0.0673 e. The fraction of sp³-hybridized carbons (Fsp3) is 0.444. The van der Waals surface area contributed by atoms with E-state index in [2.05, 4.69) is 67.0 Å². The molecule has 2 rings (SSSR count). The van der Waals surface area contributed by atoms with Crippen LogP contribution in [0.5, 0.6) is 0 Å². The Labute approximate surface area is 127 Å². The Hall–Kier alpha value is -1.12. The van der Waals surface area contributed by atoms with Gasteiger partial charge >= 0.3 is 0 Å². The Morgan fingerprint density at radius 2 is 1.85 bits per heavy atom. The Balaban J connectivity index is 2.15. The molecule has 0 spiro atoms. The standard InChI is InChI=1S/C18H25NS/c1-3-5-12-16(4-2)19-18(17-13-9-14-20-17)15-10-7-6-8-11-15/h6-11,13-14,16,18-19H,3-5,12H2,1-2H3. The highest BCUT2D eigenvalue weighted by atomic mass is 32.1. The van der Waals surface area contributed by atoms with E-state index in [0.717, 1.165) is 0 Å². The average Bonchev–Trinajstić information content (AvgIpc) is 3.02. The highest BCUT2D eigenvalue weighted by Crippen LogP contribution is 2.27. The van der Waals surface area contributed by atoms with Gasteiger partial charge in [0, 0.05) is 10.9 Å². The van der Waals surface area contributed by atoms with Crippen LogP contribution in [0.15, 0.2) is 47.8 Å². The van der Waals surface area contributed by atoms with Gasteiger partial charge in [-0.25, -0.2) is 0 Å². The summed E-state index contributed by atoms with van der Waals surface area (Å²) in [5.74, 6) is 0. The first-order valence-electron chi connectivity index (χ1n) is 7.69. The summed E-state index contributed by atoms with van der Waals surface area (Å²) in [5, 5.41) is 6.03. The van der Waals surface area contributed by atoms with Gasteiger partial charge in [0.2, 0.25) is 0 Å². The lowest BCUT2D eigenvalue weighted by Gasteiger charge is -2.25. The molecule has 2 heteroatoms. The monoisotopic (exact) mass is 287 g/mol. The van der Waals surface area contributed by atoms with Gasteiger partial charge in [-0.1, -0.05) is 63.1 Å². The first kappa shape index (κ1) is 15.3. The summed E-state index contributed by atoms with van der Waals surface area (Å²) in [5.41, 5.74) is 1.37. The van der Waals surface area contributed by atoms with Gasteiger partial charge in [0.25, 0.3) is 0 Å². The Morgan fingerprint density at radius 1 is 1.05 bits per heavy atom. The third-order valence-electron chi connectivity index (χ3n) is 3.76. The first-order valence-corrected chi connectivity index (χ1v) is 8.57. The lowest BCUT2D eigenvalue weighted by molar-refractivity contribution is 0.425. The second-order valence-electron chi connectivity index (χ2n) is 5.27. The quantitative estimate of drug-likeness (QED) is 0.686. The Kier molecular flexibility index (Phi) is 6.28. The normalized spacial score (nSPS) is 14.1. The molecule has 2 aromatic rings. The number of unbranched alkanes of at least 4 members (excludes halogenated alkanes) is 1. The van der Waals surface area contributed by atoms with Gasteiger partial charge in [0.15, 0.2) is 0 Å². The lowest BCUT2D eigenvalue weighted by Crippen LogP contribution is -2.32. The molecule has 1 heterocycles. The fourth-order valence-electron chi connectivity index (χ4n) is 2.54. The highest BCUT2D eigenvalue weighted by Gasteiger charge is 2.18. The Morgan fingerprint density at radius 3 is 2.45 bits per heavy atom. The molecule has 0 saturated carbocycles. The maximum Gasteiger partial charge on any atom is 0.0673 e. The summed E-state index contributed by atoms with van der Waals surface area (Å²) >= 11 is 1.84. The summed E-state index contributed by atoms with van der Waals surface area (Å²) < 4.78 is 0. The minimum absolute atomic E-state index is 0.331. The molecule has 2 atom stereocenters. The second kappa shape index (κ2) is 8.23. The van der Waals surface area contributed by atoms with Crippen LogP contribution in [0.3, 0.4) is 0 Å². The second-order valence-corrected chi connectivity index (χ2v) is 6.25. The molecule has 1 aromatic carbocycles. The highest BCUT2D eigenvalue weighted by molar-refractivity contribution is 7.10. The van der Waals surface area contributed by atoms with Crippen molar-refractivity contribution in [1.82, 2.24) is 5.32 Å². The van der Waals surface area contributed by atoms with Gasteiger partial charge in [-0.2, -0.15) is 0 Å². The molecule has 0 bridgehead atoms. The van der Waals surface area contributed by atoms with Gasteiger partial charge in [0.1, 0.15) is 0 Å². The topological polar surface area (TPSA) is 12.0 Å². The predicted octanol–water partition coefficient (Wildman–Crippen LogP) is 5.40. The van der Waals surface area contributed by atoms with E-state index >= 15 is 0 Å². The van der Waals surface area contributed by atoms with Crippen LogP contribution < -0.4 is 5.32 Å². The maximum atomic E-state index is 3.87. The summed E-state index contributed by atoms with van der Waals surface area (Å²) in [6, 6.07) is 16.1. The van der Waals surface area contributed by atoms with E-state index in [0.29, 0.717) is 12.1 Å². The van der Waals surface area contributed by atoms with Gasteiger partial charge in [-0.3, -0.25) is 0 Å². The van der Waals surface area contributed by atoms with E-state index < -0.39 is 0 Å². The van der Waals surface area contributed by atoms with E-state index in [9.17, 15) is 0 Å². The van der Waals surface area contributed by atoms with Gasteiger partial charge in [-0.15, -0.1) is 11.3 Å². The van der Waals surface area contributed by atoms with Crippen LogP contribution in [0, 0.1) is 0 Å². The minimum Gasteiger partial charge on any atom is -0.303 e. The van der Waals surface area contributed by atoms with Gasteiger partial charge < -0.3 is 5.32 Å². The first-order chi connectivity index (χ1) is 9.85. The van der Waals surface area contributed by atoms with Crippen LogP contribution in [-0.4, -0.2) is 6.04 Å². The molecule has 1 nitrogen and oxygen atoms in total. The van der Waals surface area contributed by atoms with Crippen LogP contribution >= 0.6 is 11.3 Å². The largest absolute Gasteiger partial charge is 0.303 e. The molecule has 0 fully saturated rings. The molecule has 20 heavy (non-hydrogen) atoms. The van der Waals surface area contributed by atoms with E-state index in [1.54, 1.807) is 0 Å². The fourth-order valence-corrected chi connectivity index (χ4v) is 3.35. The van der Waals surface area contributed by atoms with Crippen LogP contribution in [-0.2, 0) is 0 Å². The number of rotatable bonds is 8. The molecule has 2 unspecified atom stereocenters. The van der Waals surface area contributed by atoms with E-state index in [-0.39, 0.29) is 0 Å². The molecule has 1 aromatic heterocycles. The van der Waals surface area contributed by atoms with Crippen LogP contribution in [0.1, 0.15) is 56.0 Å². The van der Waals surface area contributed by atoms with Crippen molar-refractivity contribution < 1.29 is 0 Å². The van der Waals surface area contributed by atoms with Crippen LogP contribution in [0.2, 0.25) is 0 Å². The summed E-state index contributed by atoms with van der Waals surface area (Å²) in [7, 11) is 0.